The van der Waals surface area contributed by atoms with E-state index in [4.69, 9.17) is 4.89 Å². The Hall–Kier alpha value is -0.0800. The molecule has 5 heteroatoms. The van der Waals surface area contributed by atoms with Gasteiger partial charge in [0.25, 0.3) is 0 Å². The Balaban J connectivity index is 2.59. The maximum absolute atomic E-state index is 13.2. The fraction of sp³-hybridized carbons (Fsp3) is 1.00. The lowest BCUT2D eigenvalue weighted by molar-refractivity contribution is 0.00730. The highest BCUT2D eigenvalue weighted by Gasteiger charge is 2.57. The third kappa shape index (κ3) is 2.96. The fourth-order valence-electron chi connectivity index (χ4n) is 1.96. The first-order valence-corrected chi connectivity index (χ1v) is 6.30. The highest BCUT2D eigenvalue weighted by molar-refractivity contribution is 7.39. The molecule has 1 fully saturated rings. The van der Waals surface area contributed by atoms with Gasteiger partial charge in [-0.2, -0.15) is 13.7 Å². The van der Waals surface area contributed by atoms with E-state index in [1.54, 1.807) is 0 Å². The molecule has 2 nitrogen and oxygen atoms in total. The van der Waals surface area contributed by atoms with Crippen molar-refractivity contribution in [3.8, 4) is 0 Å². The van der Waals surface area contributed by atoms with Crippen molar-refractivity contribution in [2.45, 2.75) is 50.6 Å². The first kappa shape index (κ1) is 12.0. The molecule has 0 aromatic heterocycles. The van der Waals surface area contributed by atoms with Gasteiger partial charge in [-0.15, -0.1) is 0 Å². The van der Waals surface area contributed by atoms with Crippen LogP contribution in [-0.4, -0.2) is 10.6 Å². The molecule has 1 unspecified atom stereocenters. The van der Waals surface area contributed by atoms with Crippen LogP contribution in [0.5, 0.6) is 0 Å². The van der Waals surface area contributed by atoms with Gasteiger partial charge in [0.05, 0.1) is 5.92 Å². The molecule has 0 heterocycles. The fourth-order valence-corrected chi connectivity index (χ4v) is 2.53. The second-order valence-electron chi connectivity index (χ2n) is 3.90. The summed E-state index contributed by atoms with van der Waals surface area (Å²) >= 11 is 0. The monoisotopic (exact) mass is 225 g/mol. The highest BCUT2D eigenvalue weighted by atomic mass is 31.1. The maximum atomic E-state index is 13.2. The summed E-state index contributed by atoms with van der Waals surface area (Å²) in [6, 6.07) is 0. The minimum absolute atomic E-state index is 0.384. The first-order chi connectivity index (χ1) is 6.55. The van der Waals surface area contributed by atoms with Gasteiger partial charge in [0, 0.05) is 0 Å². The van der Waals surface area contributed by atoms with Gasteiger partial charge >= 0.3 is 13.7 Å². The zero-order chi connectivity index (χ0) is 10.6. The molecule has 0 spiro atoms. The van der Waals surface area contributed by atoms with E-state index in [-0.39, 0.29) is 0 Å². The highest BCUT2D eigenvalue weighted by Crippen LogP contribution is 2.48. The molecule has 82 valence electrons. The molecule has 1 N–H and O–H groups in total. The van der Waals surface area contributed by atoms with Gasteiger partial charge in [-0.05, 0) is 17.4 Å². The Morgan fingerprint density at radius 3 is 1.93 bits per heavy atom. The van der Waals surface area contributed by atoms with Gasteiger partial charge in [-0.25, -0.2) is 0 Å². The van der Waals surface area contributed by atoms with E-state index in [0.29, 0.717) is 12.8 Å². The normalized spacial score (nSPS) is 22.6. The Labute approximate surface area is 83.6 Å². The van der Waals surface area contributed by atoms with Crippen molar-refractivity contribution in [1.29, 1.82) is 0 Å². The molecule has 1 aliphatic rings. The average molecular weight is 225 g/mol. The first-order valence-electron chi connectivity index (χ1n) is 5.09. The van der Waals surface area contributed by atoms with Crippen molar-refractivity contribution >= 4 is 8.03 Å². The number of alkyl halides is 2. The largest absolute Gasteiger partial charge is 0.583 e. The molecule has 0 aromatic carbocycles. The van der Waals surface area contributed by atoms with E-state index in [0.717, 1.165) is 32.1 Å². The zero-order valence-corrected chi connectivity index (χ0v) is 8.98. The molecule has 1 rings (SSSR count). The minimum atomic E-state index is -3.38. The lowest BCUT2D eigenvalue weighted by Crippen LogP contribution is -2.25. The lowest BCUT2D eigenvalue weighted by Gasteiger charge is -2.19. The van der Waals surface area contributed by atoms with Crippen LogP contribution in [0.3, 0.4) is 0 Å². The van der Waals surface area contributed by atoms with E-state index in [1.807, 2.05) is 0 Å². The third-order valence-corrected chi connectivity index (χ3v) is 3.73. The predicted molar refractivity (Wildman–Crippen MR) is 50.6 cm³/mol. The van der Waals surface area contributed by atoms with Crippen LogP contribution in [0.2, 0.25) is 0 Å². The minimum Gasteiger partial charge on any atom is -0.156 e. The van der Waals surface area contributed by atoms with Crippen molar-refractivity contribution in [1.82, 2.24) is 0 Å². The van der Waals surface area contributed by atoms with Crippen LogP contribution >= 0.6 is 8.03 Å². The number of rotatable bonds is 2. The standard InChI is InChI=1S/C9H15F2O2P/c10-9(11,14(12)13)8-6-4-2-1-3-5-7-8/h8H,1-7H2/p+1. The van der Waals surface area contributed by atoms with Crippen LogP contribution < -0.4 is 0 Å². The molecular weight excluding hydrogens is 209 g/mol. The topological polar surface area (TPSA) is 37.3 Å². The van der Waals surface area contributed by atoms with Gasteiger partial charge in [-0.1, -0.05) is 32.1 Å². The average Bonchev–Trinajstić information content (AvgIpc) is 2.01. The molecule has 0 amide bonds. The van der Waals surface area contributed by atoms with Crippen LogP contribution in [0.1, 0.15) is 44.9 Å². The predicted octanol–water partition coefficient (Wildman–Crippen LogP) is 3.67. The van der Waals surface area contributed by atoms with Gasteiger partial charge in [0.1, 0.15) is 0 Å². The number of halogens is 2. The Morgan fingerprint density at radius 1 is 1.07 bits per heavy atom. The molecule has 1 aliphatic carbocycles. The smallest absolute Gasteiger partial charge is 0.156 e. The van der Waals surface area contributed by atoms with Gasteiger partial charge in [-0.3, -0.25) is 0 Å². The summed E-state index contributed by atoms with van der Waals surface area (Å²) in [5, 5.41) is 0. The molecule has 0 saturated heterocycles. The second kappa shape index (κ2) is 5.13. The quantitative estimate of drug-likeness (QED) is 0.728. The van der Waals surface area contributed by atoms with Crippen molar-refractivity contribution in [2.75, 3.05) is 0 Å². The molecule has 0 aliphatic heterocycles. The summed E-state index contributed by atoms with van der Waals surface area (Å²) in [6.07, 6.45) is 5.31. The van der Waals surface area contributed by atoms with Crippen LogP contribution in [-0.2, 0) is 4.57 Å². The Bertz CT molecular complexity index is 201. The summed E-state index contributed by atoms with van der Waals surface area (Å²) in [4.78, 5) is 8.55. The number of hydrogen-bond donors (Lipinski definition) is 1. The van der Waals surface area contributed by atoms with Crippen molar-refractivity contribution in [3.05, 3.63) is 0 Å². The Kier molecular flexibility index (Phi) is 4.39. The van der Waals surface area contributed by atoms with E-state index in [9.17, 15) is 13.3 Å². The molecule has 1 atom stereocenters. The zero-order valence-electron chi connectivity index (χ0n) is 8.09. The third-order valence-electron chi connectivity index (χ3n) is 2.85. The molecule has 0 aromatic rings. The van der Waals surface area contributed by atoms with Crippen molar-refractivity contribution in [2.24, 2.45) is 5.92 Å². The summed E-state index contributed by atoms with van der Waals surface area (Å²) in [5.74, 6) is -0.892. The molecule has 0 radical (unpaired) electrons. The van der Waals surface area contributed by atoms with Crippen molar-refractivity contribution in [3.63, 3.8) is 0 Å². The Morgan fingerprint density at radius 2 is 1.50 bits per heavy atom. The molecule has 1 saturated carbocycles. The molecule has 0 bridgehead atoms. The summed E-state index contributed by atoms with van der Waals surface area (Å²) in [5.41, 5.74) is -3.38. The van der Waals surface area contributed by atoms with Crippen molar-refractivity contribution < 1.29 is 18.2 Å². The van der Waals surface area contributed by atoms with E-state index >= 15 is 0 Å². The van der Waals surface area contributed by atoms with Crippen LogP contribution in [0.4, 0.5) is 8.78 Å². The summed E-state index contributed by atoms with van der Waals surface area (Å²) in [7, 11) is -3.37. The van der Waals surface area contributed by atoms with E-state index in [1.165, 1.54) is 0 Å². The van der Waals surface area contributed by atoms with E-state index in [2.05, 4.69) is 0 Å². The molecular formula is C9H16F2O2P+. The van der Waals surface area contributed by atoms with Crippen LogP contribution in [0.15, 0.2) is 0 Å². The van der Waals surface area contributed by atoms with Crippen LogP contribution in [0.25, 0.3) is 0 Å². The SMILES string of the molecule is O=[P+](O)C(F)(F)C1CCCCCCC1. The second-order valence-corrected chi connectivity index (χ2v) is 5.04. The maximum Gasteiger partial charge on any atom is 0.583 e. The van der Waals surface area contributed by atoms with Crippen LogP contribution in [0, 0.1) is 5.92 Å². The van der Waals surface area contributed by atoms with E-state index < -0.39 is 19.6 Å². The van der Waals surface area contributed by atoms with Gasteiger partial charge in [0.2, 0.25) is 0 Å². The number of hydrogen-bond acceptors (Lipinski definition) is 1. The summed E-state index contributed by atoms with van der Waals surface area (Å²) in [6.45, 7) is 0. The molecule has 14 heavy (non-hydrogen) atoms. The lowest BCUT2D eigenvalue weighted by atomic mass is 9.91. The van der Waals surface area contributed by atoms with Gasteiger partial charge in [0.15, 0.2) is 0 Å². The summed E-state index contributed by atoms with van der Waals surface area (Å²) < 4.78 is 36.9. The van der Waals surface area contributed by atoms with Gasteiger partial charge < -0.3 is 0 Å².